The molecule has 0 aromatic heterocycles. The van der Waals surface area contributed by atoms with E-state index in [9.17, 15) is 19.2 Å². The van der Waals surface area contributed by atoms with Crippen LogP contribution in [0.4, 0.5) is 0 Å². The zero-order chi connectivity index (χ0) is 22.3. The zero-order valence-electron chi connectivity index (χ0n) is 17.1. The van der Waals surface area contributed by atoms with Gasteiger partial charge in [-0.3, -0.25) is 19.2 Å². The number of hydrogen-bond acceptors (Lipinski definition) is 10. The van der Waals surface area contributed by atoms with Crippen molar-refractivity contribution in [3.8, 4) is 0 Å². The highest BCUT2D eigenvalue weighted by Crippen LogP contribution is 2.37. The first-order valence-electron chi connectivity index (χ1n) is 9.19. The van der Waals surface area contributed by atoms with Gasteiger partial charge in [-0.05, 0) is 12.1 Å². The topological polar surface area (TPSA) is 114 Å². The molecule has 164 valence electrons. The summed E-state index contributed by atoms with van der Waals surface area (Å²) in [6.07, 6.45) is -4.33. The molecule has 0 saturated carbocycles. The van der Waals surface area contributed by atoms with Gasteiger partial charge in [-0.1, -0.05) is 30.0 Å². The average Bonchev–Trinajstić information content (AvgIpc) is 2.64. The van der Waals surface area contributed by atoms with Crippen LogP contribution in [0.5, 0.6) is 0 Å². The summed E-state index contributed by atoms with van der Waals surface area (Å²) in [6.45, 7) is 4.56. The smallest absolute Gasteiger partial charge is 0.303 e. The molecule has 0 aliphatic carbocycles. The minimum Gasteiger partial charge on any atom is -0.463 e. The molecular weight excluding hydrogens is 416 g/mol. The fraction of sp³-hybridized carbons (Fsp3) is 0.500. The van der Waals surface area contributed by atoms with Crippen molar-refractivity contribution >= 4 is 35.6 Å². The van der Waals surface area contributed by atoms with E-state index in [-0.39, 0.29) is 6.61 Å². The van der Waals surface area contributed by atoms with Crippen LogP contribution < -0.4 is 0 Å². The first-order valence-corrected chi connectivity index (χ1v) is 10.1. The van der Waals surface area contributed by atoms with Crippen molar-refractivity contribution in [2.24, 2.45) is 0 Å². The molecule has 0 N–H and O–H groups in total. The fourth-order valence-corrected chi connectivity index (χ4v) is 4.04. The lowest BCUT2D eigenvalue weighted by molar-refractivity contribution is -0.237. The summed E-state index contributed by atoms with van der Waals surface area (Å²) in [5.41, 5.74) is -0.826. The summed E-state index contributed by atoms with van der Waals surface area (Å²) in [6, 6.07) is 9.16. The Bertz CT molecular complexity index is 767. The van der Waals surface area contributed by atoms with E-state index in [1.165, 1.54) is 39.5 Å². The van der Waals surface area contributed by atoms with Crippen LogP contribution in [0.1, 0.15) is 27.7 Å². The van der Waals surface area contributed by atoms with Crippen LogP contribution in [0.15, 0.2) is 35.2 Å². The summed E-state index contributed by atoms with van der Waals surface area (Å²) in [5, 5.41) is 0. The van der Waals surface area contributed by atoms with E-state index in [0.29, 0.717) is 0 Å². The van der Waals surface area contributed by atoms with Crippen LogP contribution in [0.3, 0.4) is 0 Å². The van der Waals surface area contributed by atoms with Crippen molar-refractivity contribution in [3.63, 3.8) is 0 Å². The molecule has 0 unspecified atom stereocenters. The van der Waals surface area contributed by atoms with Gasteiger partial charge in [0.1, 0.15) is 18.1 Å². The fourth-order valence-electron chi connectivity index (χ4n) is 2.92. The molecule has 1 aromatic rings. The normalized spacial score (nSPS) is 25.7. The molecule has 1 aliphatic heterocycles. The summed E-state index contributed by atoms with van der Waals surface area (Å²) < 4.78 is 27.2. The second kappa shape index (κ2) is 11.0. The number of carbonyl (C=O) groups excluding carboxylic acids is 4. The van der Waals surface area contributed by atoms with Gasteiger partial charge < -0.3 is 23.7 Å². The molecule has 0 bridgehead atoms. The summed E-state index contributed by atoms with van der Waals surface area (Å²) in [7, 11) is 0. The van der Waals surface area contributed by atoms with Crippen LogP contribution in [0.25, 0.3) is 0 Å². The largest absolute Gasteiger partial charge is 0.463 e. The molecule has 10 heteroatoms. The molecule has 1 saturated heterocycles. The van der Waals surface area contributed by atoms with Crippen molar-refractivity contribution in [2.75, 3.05) is 6.61 Å². The number of hydrogen-bond donors (Lipinski definition) is 0. The predicted molar refractivity (Wildman–Crippen MR) is 104 cm³/mol. The maximum atomic E-state index is 11.8. The molecule has 1 aliphatic rings. The first-order chi connectivity index (χ1) is 14.2. The van der Waals surface area contributed by atoms with E-state index in [4.69, 9.17) is 23.7 Å². The Morgan fingerprint density at radius 3 is 1.87 bits per heavy atom. The Labute approximate surface area is 178 Å². The highest BCUT2D eigenvalue weighted by Gasteiger charge is 2.52. The summed E-state index contributed by atoms with van der Waals surface area (Å²) in [5.74, 6) is -2.51. The van der Waals surface area contributed by atoms with Crippen molar-refractivity contribution < 1.29 is 42.9 Å². The Kier molecular flexibility index (Phi) is 8.67. The SMILES string of the molecule is CC(=O)OC[C@@H]1O[C@H](Sc2ccccc2)[C@H](OC(C)=O)[C@H](OC(C)=O)[C@H]1OC(C)=O. The monoisotopic (exact) mass is 440 g/mol. The van der Waals surface area contributed by atoms with Gasteiger partial charge in [0, 0.05) is 32.6 Å². The maximum Gasteiger partial charge on any atom is 0.303 e. The van der Waals surface area contributed by atoms with Crippen LogP contribution in [-0.4, -0.2) is 60.3 Å². The van der Waals surface area contributed by atoms with E-state index >= 15 is 0 Å². The molecule has 9 nitrogen and oxygen atoms in total. The Balaban J connectivity index is 2.42. The second-order valence-electron chi connectivity index (χ2n) is 6.50. The van der Waals surface area contributed by atoms with Crippen molar-refractivity contribution in [3.05, 3.63) is 30.3 Å². The van der Waals surface area contributed by atoms with Gasteiger partial charge in [0.2, 0.25) is 0 Å². The van der Waals surface area contributed by atoms with E-state index in [0.717, 1.165) is 4.90 Å². The maximum absolute atomic E-state index is 11.8. The number of esters is 4. The van der Waals surface area contributed by atoms with Gasteiger partial charge >= 0.3 is 23.9 Å². The standard InChI is InChI=1S/C20H24O9S/c1-11(21)25-10-16-17(26-12(2)22)18(27-13(3)23)19(28-14(4)24)20(29-16)30-15-8-6-5-7-9-15/h5-9,16-20H,10H2,1-4H3/t16-,17-,18+,19+,20+/m0/s1. The molecule has 1 aromatic carbocycles. The highest BCUT2D eigenvalue weighted by atomic mass is 32.2. The average molecular weight is 440 g/mol. The minimum absolute atomic E-state index is 0.246. The van der Waals surface area contributed by atoms with Gasteiger partial charge in [0.05, 0.1) is 0 Å². The van der Waals surface area contributed by atoms with E-state index < -0.39 is 53.7 Å². The van der Waals surface area contributed by atoms with E-state index in [1.807, 2.05) is 30.3 Å². The molecular formula is C20H24O9S. The number of benzene rings is 1. The van der Waals surface area contributed by atoms with Crippen LogP contribution >= 0.6 is 11.8 Å². The summed E-state index contributed by atoms with van der Waals surface area (Å²) in [4.78, 5) is 47.3. The van der Waals surface area contributed by atoms with Crippen LogP contribution in [0.2, 0.25) is 0 Å². The van der Waals surface area contributed by atoms with Crippen molar-refractivity contribution in [1.82, 2.24) is 0 Å². The predicted octanol–water partition coefficient (Wildman–Crippen LogP) is 1.86. The third-order valence-electron chi connectivity index (χ3n) is 3.94. The number of thioether (sulfide) groups is 1. The number of carbonyl (C=O) groups is 4. The van der Waals surface area contributed by atoms with Crippen LogP contribution in [-0.2, 0) is 42.9 Å². The molecule has 0 radical (unpaired) electrons. The van der Waals surface area contributed by atoms with Crippen molar-refractivity contribution in [1.29, 1.82) is 0 Å². The van der Waals surface area contributed by atoms with E-state index in [1.54, 1.807) is 0 Å². The number of rotatable bonds is 7. The van der Waals surface area contributed by atoms with Gasteiger partial charge in [0.15, 0.2) is 18.3 Å². The molecule has 30 heavy (non-hydrogen) atoms. The molecule has 0 amide bonds. The molecule has 1 fully saturated rings. The van der Waals surface area contributed by atoms with E-state index in [2.05, 4.69) is 0 Å². The van der Waals surface area contributed by atoms with Gasteiger partial charge in [-0.15, -0.1) is 0 Å². The molecule has 0 spiro atoms. The lowest BCUT2D eigenvalue weighted by Gasteiger charge is -2.44. The lowest BCUT2D eigenvalue weighted by atomic mass is 9.99. The summed E-state index contributed by atoms with van der Waals surface area (Å²) >= 11 is 1.23. The minimum atomic E-state index is -1.16. The van der Waals surface area contributed by atoms with Gasteiger partial charge in [-0.2, -0.15) is 0 Å². The first kappa shape index (κ1) is 23.7. The lowest BCUT2D eigenvalue weighted by Crippen LogP contribution is -2.61. The molecule has 2 rings (SSSR count). The third kappa shape index (κ3) is 7.03. The Morgan fingerprint density at radius 1 is 0.800 bits per heavy atom. The van der Waals surface area contributed by atoms with Crippen molar-refractivity contribution in [2.45, 2.75) is 62.4 Å². The third-order valence-corrected chi connectivity index (χ3v) is 5.10. The number of ether oxygens (including phenoxy) is 5. The highest BCUT2D eigenvalue weighted by molar-refractivity contribution is 7.99. The zero-order valence-corrected chi connectivity index (χ0v) is 17.9. The Morgan fingerprint density at radius 2 is 1.33 bits per heavy atom. The second-order valence-corrected chi connectivity index (χ2v) is 7.67. The van der Waals surface area contributed by atoms with Gasteiger partial charge in [0.25, 0.3) is 0 Å². The van der Waals surface area contributed by atoms with Gasteiger partial charge in [-0.25, -0.2) is 0 Å². The molecule has 5 atom stereocenters. The van der Waals surface area contributed by atoms with Crippen LogP contribution in [0, 0.1) is 0 Å². The molecule has 1 heterocycles. The Hall–Kier alpha value is -2.59. The quantitative estimate of drug-likeness (QED) is 0.460.